The van der Waals surface area contributed by atoms with Gasteiger partial charge in [0, 0.05) is 12.4 Å². The van der Waals surface area contributed by atoms with Gasteiger partial charge in [-0.3, -0.25) is 4.57 Å². The maximum absolute atomic E-state index is 11.4. The first-order valence-electron chi connectivity index (χ1n) is 5.22. The molecule has 2 N–H and O–H groups in total. The molecule has 2 rings (SSSR count). The second-order valence-corrected chi connectivity index (χ2v) is 3.95. The third kappa shape index (κ3) is 1.75. The first-order chi connectivity index (χ1) is 6.79. The number of aromatic amines is 1. The highest BCUT2D eigenvalue weighted by Gasteiger charge is 2.23. The largest absolute Gasteiger partial charge is 0.391 e. The monoisotopic (exact) mass is 196 g/mol. The summed E-state index contributed by atoms with van der Waals surface area (Å²) < 4.78 is 1.62. The second-order valence-electron chi connectivity index (χ2n) is 3.95. The van der Waals surface area contributed by atoms with Gasteiger partial charge in [0.05, 0.1) is 12.1 Å². The number of hydrogen-bond donors (Lipinski definition) is 2. The van der Waals surface area contributed by atoms with Crippen molar-refractivity contribution in [2.24, 2.45) is 0 Å². The summed E-state index contributed by atoms with van der Waals surface area (Å²) in [6.07, 6.45) is 8.01. The molecule has 1 aromatic rings. The number of nitrogens with one attached hydrogen (secondary N) is 1. The Balaban J connectivity index is 2.23. The van der Waals surface area contributed by atoms with Crippen molar-refractivity contribution in [2.75, 3.05) is 0 Å². The van der Waals surface area contributed by atoms with Gasteiger partial charge in [0.25, 0.3) is 0 Å². The highest BCUT2D eigenvalue weighted by Crippen LogP contribution is 2.26. The van der Waals surface area contributed by atoms with E-state index in [1.165, 1.54) is 0 Å². The first-order valence-corrected chi connectivity index (χ1v) is 5.22. The van der Waals surface area contributed by atoms with Crippen molar-refractivity contribution >= 4 is 0 Å². The van der Waals surface area contributed by atoms with Crippen molar-refractivity contribution in [3.8, 4) is 0 Å². The highest BCUT2D eigenvalue weighted by molar-refractivity contribution is 4.86. The molecule has 2 atom stereocenters. The average Bonchev–Trinajstić information content (AvgIpc) is 2.46. The molecule has 4 heteroatoms. The van der Waals surface area contributed by atoms with Crippen LogP contribution in [0.4, 0.5) is 0 Å². The molecule has 0 amide bonds. The normalized spacial score (nSPS) is 28.6. The topological polar surface area (TPSA) is 58.0 Å². The molecule has 1 aliphatic rings. The molecule has 0 bridgehead atoms. The minimum Gasteiger partial charge on any atom is -0.391 e. The van der Waals surface area contributed by atoms with Gasteiger partial charge in [0.15, 0.2) is 0 Å². The van der Waals surface area contributed by atoms with Crippen molar-refractivity contribution in [3.63, 3.8) is 0 Å². The maximum Gasteiger partial charge on any atom is 0.325 e. The van der Waals surface area contributed by atoms with Crippen molar-refractivity contribution in [2.45, 2.75) is 44.2 Å². The third-order valence-corrected chi connectivity index (χ3v) is 2.98. The lowest BCUT2D eigenvalue weighted by Crippen LogP contribution is -2.29. The summed E-state index contributed by atoms with van der Waals surface area (Å²) in [6.45, 7) is 0. The molecule has 14 heavy (non-hydrogen) atoms. The van der Waals surface area contributed by atoms with E-state index in [0.29, 0.717) is 0 Å². The minimum absolute atomic E-state index is 0.0313. The summed E-state index contributed by atoms with van der Waals surface area (Å²) >= 11 is 0. The number of aromatic nitrogens is 2. The van der Waals surface area contributed by atoms with Crippen LogP contribution in [-0.2, 0) is 0 Å². The molecule has 2 unspecified atom stereocenters. The fraction of sp³-hybridized carbons (Fsp3) is 0.700. The van der Waals surface area contributed by atoms with Gasteiger partial charge in [-0.05, 0) is 12.8 Å². The predicted octanol–water partition coefficient (Wildman–Crippen LogP) is 1.04. The van der Waals surface area contributed by atoms with Gasteiger partial charge in [-0.25, -0.2) is 4.79 Å². The quantitative estimate of drug-likeness (QED) is 0.659. The Morgan fingerprint density at radius 1 is 1.36 bits per heavy atom. The SMILES string of the molecule is O=c1[nH]ccn1C1CCCCCC1O. The Hall–Kier alpha value is -1.03. The Morgan fingerprint density at radius 3 is 2.86 bits per heavy atom. The van der Waals surface area contributed by atoms with Gasteiger partial charge < -0.3 is 10.1 Å². The summed E-state index contributed by atoms with van der Waals surface area (Å²) in [6, 6.07) is -0.0313. The highest BCUT2D eigenvalue weighted by atomic mass is 16.3. The van der Waals surface area contributed by atoms with Crippen LogP contribution >= 0.6 is 0 Å². The summed E-state index contributed by atoms with van der Waals surface area (Å²) in [5.74, 6) is 0. The fourth-order valence-electron chi connectivity index (χ4n) is 2.19. The summed E-state index contributed by atoms with van der Waals surface area (Å²) in [7, 11) is 0. The van der Waals surface area contributed by atoms with E-state index in [0.717, 1.165) is 32.1 Å². The van der Waals surface area contributed by atoms with Gasteiger partial charge in [0.1, 0.15) is 0 Å². The van der Waals surface area contributed by atoms with Gasteiger partial charge in [-0.15, -0.1) is 0 Å². The predicted molar refractivity (Wildman–Crippen MR) is 53.2 cm³/mol. The van der Waals surface area contributed by atoms with Crippen LogP contribution < -0.4 is 5.69 Å². The lowest BCUT2D eigenvalue weighted by molar-refractivity contribution is 0.104. The molecular weight excluding hydrogens is 180 g/mol. The van der Waals surface area contributed by atoms with Gasteiger partial charge in [0.2, 0.25) is 0 Å². The van der Waals surface area contributed by atoms with Gasteiger partial charge in [-0.2, -0.15) is 0 Å². The third-order valence-electron chi connectivity index (χ3n) is 2.98. The maximum atomic E-state index is 11.4. The number of hydrogen-bond acceptors (Lipinski definition) is 2. The molecule has 0 saturated heterocycles. The van der Waals surface area contributed by atoms with E-state index in [4.69, 9.17) is 0 Å². The summed E-state index contributed by atoms with van der Waals surface area (Å²) in [5.41, 5.74) is -0.115. The fourth-order valence-corrected chi connectivity index (χ4v) is 2.19. The zero-order valence-corrected chi connectivity index (χ0v) is 8.15. The van der Waals surface area contributed by atoms with E-state index < -0.39 is 0 Å². The van der Waals surface area contributed by atoms with Crippen molar-refractivity contribution in [1.29, 1.82) is 0 Å². The van der Waals surface area contributed by atoms with E-state index in [1.54, 1.807) is 17.0 Å². The molecule has 1 fully saturated rings. The van der Waals surface area contributed by atoms with Crippen molar-refractivity contribution in [1.82, 2.24) is 9.55 Å². The average molecular weight is 196 g/mol. The van der Waals surface area contributed by atoms with E-state index >= 15 is 0 Å². The second kappa shape index (κ2) is 4.00. The molecular formula is C10H16N2O2. The molecule has 78 valence electrons. The molecule has 1 aromatic heterocycles. The molecule has 4 nitrogen and oxygen atoms in total. The van der Waals surface area contributed by atoms with Crippen LogP contribution in [0, 0.1) is 0 Å². The Labute approximate surface area is 82.6 Å². The molecule has 0 aliphatic heterocycles. The Morgan fingerprint density at radius 2 is 2.14 bits per heavy atom. The number of aliphatic hydroxyl groups is 1. The zero-order chi connectivity index (χ0) is 9.97. The van der Waals surface area contributed by atoms with E-state index in [2.05, 4.69) is 4.98 Å². The van der Waals surface area contributed by atoms with Crippen LogP contribution in [0.3, 0.4) is 0 Å². The molecule has 1 saturated carbocycles. The lowest BCUT2D eigenvalue weighted by atomic mass is 10.1. The number of aliphatic hydroxyl groups excluding tert-OH is 1. The van der Waals surface area contributed by atoms with Crippen LogP contribution in [0.2, 0.25) is 0 Å². The van der Waals surface area contributed by atoms with Crippen LogP contribution in [0.15, 0.2) is 17.2 Å². The van der Waals surface area contributed by atoms with Crippen LogP contribution in [0.1, 0.15) is 38.1 Å². The summed E-state index contributed by atoms with van der Waals surface area (Å²) in [4.78, 5) is 14.0. The lowest BCUT2D eigenvalue weighted by Gasteiger charge is -2.20. The first kappa shape index (κ1) is 9.52. The van der Waals surface area contributed by atoms with Gasteiger partial charge in [-0.1, -0.05) is 19.3 Å². The Kier molecular flexibility index (Phi) is 2.72. The van der Waals surface area contributed by atoms with Crippen LogP contribution in [0.25, 0.3) is 0 Å². The number of nitrogens with zero attached hydrogens (tertiary/aromatic N) is 1. The van der Waals surface area contributed by atoms with Gasteiger partial charge >= 0.3 is 5.69 Å². The van der Waals surface area contributed by atoms with Crippen molar-refractivity contribution < 1.29 is 5.11 Å². The smallest absolute Gasteiger partial charge is 0.325 e. The van der Waals surface area contributed by atoms with Crippen LogP contribution in [0.5, 0.6) is 0 Å². The molecule has 1 aliphatic carbocycles. The zero-order valence-electron chi connectivity index (χ0n) is 8.15. The number of rotatable bonds is 1. The van der Waals surface area contributed by atoms with E-state index in [1.807, 2.05) is 0 Å². The number of H-pyrrole nitrogens is 1. The molecule has 1 heterocycles. The minimum atomic E-state index is -0.369. The summed E-state index contributed by atoms with van der Waals surface area (Å²) in [5, 5.41) is 9.87. The van der Waals surface area contributed by atoms with E-state index in [-0.39, 0.29) is 17.8 Å². The molecule has 0 aromatic carbocycles. The molecule has 0 radical (unpaired) electrons. The number of imidazole rings is 1. The van der Waals surface area contributed by atoms with E-state index in [9.17, 15) is 9.90 Å². The molecule has 0 spiro atoms. The van der Waals surface area contributed by atoms with Crippen molar-refractivity contribution in [3.05, 3.63) is 22.9 Å². The standard InChI is InChI=1S/C10H16N2O2/c13-9-5-3-1-2-4-8(9)12-7-6-11-10(12)14/h6-9,13H,1-5H2,(H,11,14). The Bertz CT molecular complexity index is 342. The van der Waals surface area contributed by atoms with Crippen LogP contribution in [-0.4, -0.2) is 20.8 Å².